The molecule has 1 heterocycles. The molecule has 1 saturated heterocycles. The lowest BCUT2D eigenvalue weighted by Gasteiger charge is -2.24. The van der Waals surface area contributed by atoms with Crippen molar-refractivity contribution in [2.24, 2.45) is 5.92 Å². The minimum atomic E-state index is -0.168. The molecule has 134 valence electrons. The van der Waals surface area contributed by atoms with Crippen molar-refractivity contribution in [3.63, 3.8) is 0 Å². The van der Waals surface area contributed by atoms with E-state index in [1.807, 2.05) is 13.0 Å². The first-order valence-electron chi connectivity index (χ1n) is 9.02. The summed E-state index contributed by atoms with van der Waals surface area (Å²) in [6.45, 7) is 2.50. The van der Waals surface area contributed by atoms with Crippen LogP contribution in [0.4, 0.5) is 5.69 Å². The van der Waals surface area contributed by atoms with Crippen LogP contribution in [0.15, 0.2) is 18.2 Å². The smallest absolute Gasteiger partial charge is 0.251 e. The second-order valence-electron chi connectivity index (χ2n) is 6.99. The van der Waals surface area contributed by atoms with E-state index in [1.165, 1.54) is 0 Å². The van der Waals surface area contributed by atoms with E-state index in [2.05, 4.69) is 16.0 Å². The first kappa shape index (κ1) is 17.5. The number of hydrogen-bond donors (Lipinski definition) is 3. The fourth-order valence-electron chi connectivity index (χ4n) is 3.14. The first-order valence-corrected chi connectivity index (χ1v) is 9.02. The summed E-state index contributed by atoms with van der Waals surface area (Å²) in [4.78, 5) is 36.1. The zero-order valence-corrected chi connectivity index (χ0v) is 14.6. The number of rotatable bonds is 4. The molecule has 3 amide bonds. The average molecular weight is 343 g/mol. The van der Waals surface area contributed by atoms with Gasteiger partial charge in [0.2, 0.25) is 11.8 Å². The number of benzene rings is 1. The minimum Gasteiger partial charge on any atom is -0.356 e. The normalized spacial score (nSPS) is 20.8. The summed E-state index contributed by atoms with van der Waals surface area (Å²) in [5, 5.41) is 8.76. The summed E-state index contributed by atoms with van der Waals surface area (Å²) in [6, 6.07) is 5.34. The van der Waals surface area contributed by atoms with Crippen molar-refractivity contribution in [3.8, 4) is 0 Å². The quantitative estimate of drug-likeness (QED) is 0.783. The molecule has 3 rings (SSSR count). The second kappa shape index (κ2) is 7.68. The Morgan fingerprint density at radius 1 is 1.16 bits per heavy atom. The highest BCUT2D eigenvalue weighted by Crippen LogP contribution is 2.28. The lowest BCUT2D eigenvalue weighted by Crippen LogP contribution is -2.35. The zero-order valence-electron chi connectivity index (χ0n) is 14.6. The van der Waals surface area contributed by atoms with E-state index in [4.69, 9.17) is 0 Å². The van der Waals surface area contributed by atoms with Crippen LogP contribution in [0.25, 0.3) is 0 Å². The molecular formula is C19H25N3O3. The summed E-state index contributed by atoms with van der Waals surface area (Å²) < 4.78 is 0. The molecule has 1 aromatic carbocycles. The van der Waals surface area contributed by atoms with Crippen LogP contribution in [0.1, 0.15) is 54.4 Å². The van der Waals surface area contributed by atoms with Gasteiger partial charge in [0.25, 0.3) is 5.91 Å². The maximum Gasteiger partial charge on any atom is 0.251 e. The molecule has 25 heavy (non-hydrogen) atoms. The molecule has 0 bridgehead atoms. The van der Waals surface area contributed by atoms with Crippen LogP contribution >= 0.6 is 0 Å². The Bertz CT molecular complexity index is 682. The Morgan fingerprint density at radius 3 is 2.68 bits per heavy atom. The molecule has 3 N–H and O–H groups in total. The topological polar surface area (TPSA) is 87.3 Å². The van der Waals surface area contributed by atoms with Gasteiger partial charge in [0, 0.05) is 36.2 Å². The van der Waals surface area contributed by atoms with Crippen LogP contribution in [-0.2, 0) is 9.59 Å². The minimum absolute atomic E-state index is 0.0132. The molecule has 1 unspecified atom stereocenters. The van der Waals surface area contributed by atoms with Crippen LogP contribution in [0.2, 0.25) is 0 Å². The number of carbonyl (C=O) groups excluding carboxylic acids is 3. The fraction of sp³-hybridized carbons (Fsp3) is 0.526. The number of amides is 3. The summed E-state index contributed by atoms with van der Waals surface area (Å²) in [5.41, 5.74) is 2.16. The molecule has 6 heteroatoms. The van der Waals surface area contributed by atoms with Gasteiger partial charge in [-0.15, -0.1) is 0 Å². The van der Waals surface area contributed by atoms with E-state index in [9.17, 15) is 14.4 Å². The maximum absolute atomic E-state index is 12.5. The predicted molar refractivity (Wildman–Crippen MR) is 95.3 cm³/mol. The van der Waals surface area contributed by atoms with Crippen LogP contribution in [0.5, 0.6) is 0 Å². The van der Waals surface area contributed by atoms with Crippen LogP contribution in [0.3, 0.4) is 0 Å². The van der Waals surface area contributed by atoms with Gasteiger partial charge in [0.15, 0.2) is 0 Å². The third-order valence-corrected chi connectivity index (χ3v) is 5.10. The molecule has 1 saturated carbocycles. The van der Waals surface area contributed by atoms with E-state index in [0.29, 0.717) is 30.6 Å². The molecule has 1 aliphatic carbocycles. The van der Waals surface area contributed by atoms with Crippen molar-refractivity contribution in [1.29, 1.82) is 0 Å². The highest BCUT2D eigenvalue weighted by atomic mass is 16.2. The van der Waals surface area contributed by atoms with Crippen molar-refractivity contribution in [2.45, 2.75) is 51.5 Å². The Kier molecular flexibility index (Phi) is 5.36. The first-order chi connectivity index (χ1) is 12.0. The van der Waals surface area contributed by atoms with Gasteiger partial charge in [-0.2, -0.15) is 0 Å². The van der Waals surface area contributed by atoms with Crippen molar-refractivity contribution >= 4 is 23.4 Å². The van der Waals surface area contributed by atoms with Crippen LogP contribution in [-0.4, -0.2) is 30.3 Å². The lowest BCUT2D eigenvalue weighted by molar-refractivity contribution is -0.122. The van der Waals surface area contributed by atoms with E-state index < -0.39 is 0 Å². The molecule has 6 nitrogen and oxygen atoms in total. The number of anilines is 1. The summed E-state index contributed by atoms with van der Waals surface area (Å²) in [5.74, 6) is 0.0136. The predicted octanol–water partition coefficient (Wildman–Crippen LogP) is 2.13. The Hall–Kier alpha value is -2.37. The molecule has 1 aromatic rings. The standard InChI is InChI=1S/C19H25N3O3/c1-12-5-6-14(11-16(12)22-18(24)13-3-2-4-13)19(25)21-15-7-8-17(23)20-10-9-15/h5-6,11,13,15H,2-4,7-10H2,1H3,(H,20,23)(H,21,25)(H,22,24). The molecule has 1 aliphatic heterocycles. The monoisotopic (exact) mass is 343 g/mol. The lowest BCUT2D eigenvalue weighted by atomic mass is 9.84. The Labute approximate surface area is 147 Å². The van der Waals surface area contributed by atoms with Gasteiger partial charge in [-0.1, -0.05) is 12.5 Å². The van der Waals surface area contributed by atoms with Crippen molar-refractivity contribution < 1.29 is 14.4 Å². The third kappa shape index (κ3) is 4.38. The Morgan fingerprint density at radius 2 is 1.96 bits per heavy atom. The van der Waals surface area contributed by atoms with E-state index >= 15 is 0 Å². The average Bonchev–Trinajstić information content (AvgIpc) is 2.72. The largest absolute Gasteiger partial charge is 0.356 e. The Balaban J connectivity index is 1.64. The van der Waals surface area contributed by atoms with Gasteiger partial charge in [-0.25, -0.2) is 0 Å². The number of carbonyl (C=O) groups is 3. The molecule has 0 radical (unpaired) electrons. The highest BCUT2D eigenvalue weighted by molar-refractivity contribution is 5.98. The maximum atomic E-state index is 12.5. The zero-order chi connectivity index (χ0) is 17.8. The van der Waals surface area contributed by atoms with E-state index in [1.54, 1.807) is 12.1 Å². The van der Waals surface area contributed by atoms with Crippen LogP contribution < -0.4 is 16.0 Å². The van der Waals surface area contributed by atoms with E-state index in [-0.39, 0.29) is 29.7 Å². The van der Waals surface area contributed by atoms with Crippen molar-refractivity contribution in [2.75, 3.05) is 11.9 Å². The summed E-state index contributed by atoms with van der Waals surface area (Å²) >= 11 is 0. The number of hydrogen-bond acceptors (Lipinski definition) is 3. The van der Waals surface area contributed by atoms with Gasteiger partial charge in [-0.05, 0) is 50.3 Å². The SMILES string of the molecule is Cc1ccc(C(=O)NC2CCNC(=O)CC2)cc1NC(=O)C1CCC1. The third-order valence-electron chi connectivity index (χ3n) is 5.10. The molecule has 2 aliphatic rings. The molecule has 0 aromatic heterocycles. The second-order valence-corrected chi connectivity index (χ2v) is 6.99. The van der Waals surface area contributed by atoms with Gasteiger partial charge in [0.1, 0.15) is 0 Å². The van der Waals surface area contributed by atoms with Crippen LogP contribution in [0, 0.1) is 12.8 Å². The van der Waals surface area contributed by atoms with Gasteiger partial charge in [-0.3, -0.25) is 14.4 Å². The van der Waals surface area contributed by atoms with Gasteiger partial charge in [0.05, 0.1) is 0 Å². The molecule has 0 spiro atoms. The van der Waals surface area contributed by atoms with Gasteiger partial charge >= 0.3 is 0 Å². The van der Waals surface area contributed by atoms with Crippen molar-refractivity contribution in [3.05, 3.63) is 29.3 Å². The fourth-order valence-corrected chi connectivity index (χ4v) is 3.14. The highest BCUT2D eigenvalue weighted by Gasteiger charge is 2.26. The molecule has 2 fully saturated rings. The molecular weight excluding hydrogens is 318 g/mol. The number of nitrogens with one attached hydrogen (secondary N) is 3. The summed E-state index contributed by atoms with van der Waals surface area (Å²) in [6.07, 6.45) is 4.81. The van der Waals surface area contributed by atoms with Crippen molar-refractivity contribution in [1.82, 2.24) is 10.6 Å². The number of aryl methyl sites for hydroxylation is 1. The van der Waals surface area contributed by atoms with E-state index in [0.717, 1.165) is 31.2 Å². The van der Waals surface area contributed by atoms with Gasteiger partial charge < -0.3 is 16.0 Å². The molecule has 1 atom stereocenters. The summed E-state index contributed by atoms with van der Waals surface area (Å²) in [7, 11) is 0.